The minimum absolute atomic E-state index is 0.0971. The first kappa shape index (κ1) is 92.8. The maximum atomic E-state index is 13.1. The molecule has 5 unspecified atom stereocenters. The Labute approximate surface area is 584 Å². The molecule has 96 heavy (non-hydrogen) atoms. The highest BCUT2D eigenvalue weighted by Crippen LogP contribution is 2.45. The number of hydrogen-bond donors (Lipinski definition) is 3. The number of hydrogen-bond acceptors (Lipinski definition) is 15. The summed E-state index contributed by atoms with van der Waals surface area (Å²) < 4.78 is 68.5. The molecule has 3 N–H and O–H groups in total. The number of ether oxygens (including phenoxy) is 4. The van der Waals surface area contributed by atoms with E-state index >= 15 is 0 Å². The van der Waals surface area contributed by atoms with E-state index in [1.807, 2.05) is 0 Å². The van der Waals surface area contributed by atoms with Crippen molar-refractivity contribution >= 4 is 39.5 Å². The van der Waals surface area contributed by atoms with Gasteiger partial charge in [0.1, 0.15) is 19.3 Å². The van der Waals surface area contributed by atoms with E-state index < -0.39 is 97.5 Å². The molecule has 0 aromatic heterocycles. The van der Waals surface area contributed by atoms with Gasteiger partial charge in [0, 0.05) is 25.7 Å². The first-order valence-electron chi connectivity index (χ1n) is 38.5. The molecule has 17 nitrogen and oxygen atoms in total. The lowest BCUT2D eigenvalue weighted by atomic mass is 10.0. The lowest BCUT2D eigenvalue weighted by Crippen LogP contribution is -2.30. The Balaban J connectivity index is 5.32. The molecule has 0 aliphatic heterocycles. The summed E-state index contributed by atoms with van der Waals surface area (Å²) in [4.78, 5) is 72.8. The summed E-state index contributed by atoms with van der Waals surface area (Å²) in [6.07, 6.45) is 67.7. The number of aliphatic hydroxyl groups is 1. The molecule has 0 saturated carbocycles. The standard InChI is InChI=1S/C77H140O17P2/c1-5-9-13-17-21-25-29-33-35-39-41-45-49-53-57-61-74(79)87-67-72(93-76(81)63-59-55-51-47-43-37-31-27-23-19-15-11-7-3)69-91-95(83,84)89-65-71(78)66-90-96(85,86)92-70-73(94-77(82)64-60-56-52-48-44-38-32-28-24-20-16-12-8-4)68-88-75(80)62-58-54-50-46-42-40-36-34-30-26-22-18-14-10-6-2/h9,13,21-22,25-26,33-36,71-73,78H,5-8,10-12,14-20,23-24,27-32,37-70H2,1-4H3,(H,83,84)(H,85,86)/b13-9-,25-21-,26-22-,35-33-,36-34-. The second kappa shape index (κ2) is 70.2. The molecule has 0 heterocycles. The number of phosphoric acid groups is 2. The van der Waals surface area contributed by atoms with Crippen LogP contribution in [0.25, 0.3) is 0 Å². The maximum absolute atomic E-state index is 13.1. The van der Waals surface area contributed by atoms with Crippen LogP contribution >= 0.6 is 15.6 Å². The topological polar surface area (TPSA) is 237 Å². The van der Waals surface area contributed by atoms with Crippen LogP contribution in [0, 0.1) is 0 Å². The third-order valence-electron chi connectivity index (χ3n) is 16.5. The Kier molecular flexibility index (Phi) is 67.8. The van der Waals surface area contributed by atoms with Crippen molar-refractivity contribution in [3.8, 4) is 0 Å². The summed E-state index contributed by atoms with van der Waals surface area (Å²) in [5.74, 6) is -2.18. The highest BCUT2D eigenvalue weighted by Gasteiger charge is 2.30. The van der Waals surface area contributed by atoms with Crippen molar-refractivity contribution in [3.63, 3.8) is 0 Å². The molecule has 0 aliphatic rings. The number of esters is 4. The van der Waals surface area contributed by atoms with Crippen LogP contribution in [0.1, 0.15) is 349 Å². The van der Waals surface area contributed by atoms with Crippen molar-refractivity contribution < 1.29 is 80.2 Å². The van der Waals surface area contributed by atoms with Gasteiger partial charge in [0.25, 0.3) is 0 Å². The van der Waals surface area contributed by atoms with Gasteiger partial charge in [-0.15, -0.1) is 0 Å². The summed E-state index contributed by atoms with van der Waals surface area (Å²) in [5.41, 5.74) is 0. The van der Waals surface area contributed by atoms with Gasteiger partial charge in [-0.05, 0) is 89.9 Å². The third kappa shape index (κ3) is 69.2. The fraction of sp³-hybridized carbons (Fsp3) is 0.818. The smallest absolute Gasteiger partial charge is 0.462 e. The molecule has 0 bridgehead atoms. The van der Waals surface area contributed by atoms with Gasteiger partial charge in [0.15, 0.2) is 12.2 Å². The summed E-state index contributed by atoms with van der Waals surface area (Å²) in [6, 6.07) is 0. The van der Waals surface area contributed by atoms with E-state index in [9.17, 15) is 43.2 Å². The van der Waals surface area contributed by atoms with Crippen molar-refractivity contribution in [3.05, 3.63) is 60.8 Å². The minimum atomic E-state index is -4.97. The van der Waals surface area contributed by atoms with E-state index in [4.69, 9.17) is 37.0 Å². The van der Waals surface area contributed by atoms with E-state index in [2.05, 4.69) is 88.5 Å². The minimum Gasteiger partial charge on any atom is -0.462 e. The second-order valence-corrected chi connectivity index (χ2v) is 28.8. The first-order valence-corrected chi connectivity index (χ1v) is 41.5. The number of carbonyl (C=O) groups excluding carboxylic acids is 4. The monoisotopic (exact) mass is 1400 g/mol. The molecule has 0 amide bonds. The molecular weight excluding hydrogens is 1260 g/mol. The number of unbranched alkanes of at least 4 members (excludes halogenated alkanes) is 37. The lowest BCUT2D eigenvalue weighted by Gasteiger charge is -2.21. The largest absolute Gasteiger partial charge is 0.472 e. The van der Waals surface area contributed by atoms with Crippen LogP contribution in [0.2, 0.25) is 0 Å². The molecule has 0 aliphatic carbocycles. The average molecular weight is 1400 g/mol. The first-order chi connectivity index (χ1) is 46.7. The van der Waals surface area contributed by atoms with E-state index in [1.165, 1.54) is 122 Å². The van der Waals surface area contributed by atoms with Crippen LogP contribution in [-0.2, 0) is 65.4 Å². The molecule has 0 aromatic carbocycles. The highest BCUT2D eigenvalue weighted by molar-refractivity contribution is 7.47. The molecule has 0 rings (SSSR count). The lowest BCUT2D eigenvalue weighted by molar-refractivity contribution is -0.161. The SMILES string of the molecule is CC/C=C\C/C=C\C/C=C\CCCCCCCC(=O)OCC(COP(=O)(O)OCC(O)COP(=O)(O)OCC(COC(=O)CCCCCCC/C=C\C/C=C\CCCCC)OC(=O)CCCCCCCCCCCCCCC)OC(=O)CCCCCCCCCCCCCCC. The van der Waals surface area contributed by atoms with Gasteiger partial charge < -0.3 is 33.8 Å². The molecule has 0 saturated heterocycles. The Bertz CT molecular complexity index is 2060. The summed E-state index contributed by atoms with van der Waals surface area (Å²) in [5, 5.41) is 10.6. The number of phosphoric ester groups is 2. The Morgan fingerprint density at radius 2 is 0.542 bits per heavy atom. The van der Waals surface area contributed by atoms with Crippen LogP contribution in [0.3, 0.4) is 0 Å². The summed E-state index contributed by atoms with van der Waals surface area (Å²) >= 11 is 0. The van der Waals surface area contributed by atoms with Crippen molar-refractivity contribution in [1.29, 1.82) is 0 Å². The number of carbonyl (C=O) groups is 4. The van der Waals surface area contributed by atoms with Crippen molar-refractivity contribution in [2.24, 2.45) is 0 Å². The van der Waals surface area contributed by atoms with Crippen LogP contribution < -0.4 is 0 Å². The van der Waals surface area contributed by atoms with Crippen LogP contribution in [-0.4, -0.2) is 96.7 Å². The second-order valence-electron chi connectivity index (χ2n) is 25.9. The normalized spacial score (nSPS) is 14.3. The Morgan fingerprint density at radius 1 is 0.302 bits per heavy atom. The van der Waals surface area contributed by atoms with Crippen LogP contribution in [0.5, 0.6) is 0 Å². The van der Waals surface area contributed by atoms with Gasteiger partial charge >= 0.3 is 39.5 Å². The Morgan fingerprint density at radius 3 is 0.854 bits per heavy atom. The van der Waals surface area contributed by atoms with Crippen molar-refractivity contribution in [2.45, 2.75) is 367 Å². The number of rotatable bonds is 73. The van der Waals surface area contributed by atoms with Gasteiger partial charge in [-0.25, -0.2) is 9.13 Å². The van der Waals surface area contributed by atoms with Gasteiger partial charge in [0.05, 0.1) is 26.4 Å². The molecule has 5 atom stereocenters. The quantitative estimate of drug-likeness (QED) is 0.0169. The zero-order valence-corrected chi connectivity index (χ0v) is 62.8. The molecule has 0 aromatic rings. The van der Waals surface area contributed by atoms with Crippen molar-refractivity contribution in [2.75, 3.05) is 39.6 Å². The fourth-order valence-electron chi connectivity index (χ4n) is 10.6. The van der Waals surface area contributed by atoms with Crippen molar-refractivity contribution in [1.82, 2.24) is 0 Å². The molecule has 0 radical (unpaired) electrons. The maximum Gasteiger partial charge on any atom is 0.472 e. The highest BCUT2D eigenvalue weighted by atomic mass is 31.2. The van der Waals surface area contributed by atoms with Crippen LogP contribution in [0.4, 0.5) is 0 Å². The fourth-order valence-corrected chi connectivity index (χ4v) is 12.2. The number of aliphatic hydroxyl groups excluding tert-OH is 1. The Hall–Kier alpha value is -3.24. The molecule has 0 fully saturated rings. The summed E-state index contributed by atoms with van der Waals surface area (Å²) in [7, 11) is -9.94. The molecule has 0 spiro atoms. The zero-order chi connectivity index (χ0) is 70.4. The average Bonchev–Trinajstić information content (AvgIpc) is 1.14. The molecular formula is C77H140O17P2. The predicted molar refractivity (Wildman–Crippen MR) is 390 cm³/mol. The molecule has 19 heteroatoms. The summed E-state index contributed by atoms with van der Waals surface area (Å²) in [6.45, 7) is 4.76. The predicted octanol–water partition coefficient (Wildman–Crippen LogP) is 21.9. The third-order valence-corrected chi connectivity index (χ3v) is 18.4. The van der Waals surface area contributed by atoms with Gasteiger partial charge in [-0.3, -0.25) is 37.3 Å². The van der Waals surface area contributed by atoms with Gasteiger partial charge in [-0.1, -0.05) is 294 Å². The van der Waals surface area contributed by atoms with Gasteiger partial charge in [-0.2, -0.15) is 0 Å². The number of allylic oxidation sites excluding steroid dienone is 10. The van der Waals surface area contributed by atoms with Crippen LogP contribution in [0.15, 0.2) is 60.8 Å². The zero-order valence-electron chi connectivity index (χ0n) is 61.1. The van der Waals surface area contributed by atoms with E-state index in [-0.39, 0.29) is 25.7 Å². The molecule has 560 valence electrons. The van der Waals surface area contributed by atoms with E-state index in [1.54, 1.807) is 0 Å². The van der Waals surface area contributed by atoms with E-state index in [0.717, 1.165) is 148 Å². The van der Waals surface area contributed by atoms with Gasteiger partial charge in [0.2, 0.25) is 0 Å². The van der Waals surface area contributed by atoms with E-state index in [0.29, 0.717) is 25.7 Å².